The van der Waals surface area contributed by atoms with Crippen LogP contribution in [0.3, 0.4) is 0 Å². The van der Waals surface area contributed by atoms with E-state index in [9.17, 15) is 4.79 Å². The minimum absolute atomic E-state index is 0.0416. The molecule has 1 unspecified atom stereocenters. The number of allylic oxidation sites excluding steroid dienone is 1. The normalized spacial score (nSPS) is 13.0. The molecule has 0 bridgehead atoms. The molecule has 1 atom stereocenters. The smallest absolute Gasteiger partial charge is 0.201 e. The van der Waals surface area contributed by atoms with Gasteiger partial charge in [0.2, 0.25) is 5.78 Å². The third-order valence-corrected chi connectivity index (χ3v) is 2.76. The lowest BCUT2D eigenvalue weighted by Gasteiger charge is -2.04. The summed E-state index contributed by atoms with van der Waals surface area (Å²) in [5, 5.41) is 0. The van der Waals surface area contributed by atoms with E-state index in [1.165, 1.54) is 0 Å². The molecule has 0 aliphatic carbocycles. The molecule has 0 N–H and O–H groups in total. The summed E-state index contributed by atoms with van der Waals surface area (Å²) in [6, 6.07) is 3.65. The average Bonchev–Trinajstić information content (AvgIpc) is 2.99. The summed E-state index contributed by atoms with van der Waals surface area (Å²) in [4.78, 5) is 12.0. The van der Waals surface area contributed by atoms with E-state index in [0.29, 0.717) is 12.2 Å². The van der Waals surface area contributed by atoms with Gasteiger partial charge < -0.3 is 8.83 Å². The van der Waals surface area contributed by atoms with Crippen molar-refractivity contribution in [1.82, 2.24) is 0 Å². The molecule has 0 spiro atoms. The monoisotopic (exact) mass is 244 g/mol. The van der Waals surface area contributed by atoms with Crippen molar-refractivity contribution in [2.24, 2.45) is 5.92 Å². The first-order valence-electron chi connectivity index (χ1n) is 5.95. The number of carbonyl (C=O) groups is 1. The predicted octanol–water partition coefficient (Wildman–Crippen LogP) is 4.10. The molecule has 0 radical (unpaired) electrons. The van der Waals surface area contributed by atoms with E-state index in [0.717, 1.165) is 11.1 Å². The SMILES string of the molecule is Cc1coc(C(=O)C(C)CC=Cc2ccoc2)c1. The van der Waals surface area contributed by atoms with Crippen LogP contribution in [0, 0.1) is 12.8 Å². The number of Topliss-reactive ketones (excluding diaryl/α,β-unsaturated/α-hetero) is 1. The zero-order chi connectivity index (χ0) is 13.0. The maximum absolute atomic E-state index is 12.0. The predicted molar refractivity (Wildman–Crippen MR) is 69.3 cm³/mol. The van der Waals surface area contributed by atoms with E-state index < -0.39 is 0 Å². The number of hydrogen-bond donors (Lipinski definition) is 0. The first kappa shape index (κ1) is 12.4. The summed E-state index contributed by atoms with van der Waals surface area (Å²) in [5.41, 5.74) is 1.97. The first-order chi connectivity index (χ1) is 8.66. The Morgan fingerprint density at radius 2 is 2.28 bits per heavy atom. The van der Waals surface area contributed by atoms with Gasteiger partial charge in [-0.2, -0.15) is 0 Å². The number of hydrogen-bond acceptors (Lipinski definition) is 3. The highest BCUT2D eigenvalue weighted by atomic mass is 16.3. The van der Waals surface area contributed by atoms with Crippen LogP contribution in [0.1, 0.15) is 35.0 Å². The second-order valence-electron chi connectivity index (χ2n) is 4.45. The molecular formula is C15H16O3. The Kier molecular flexibility index (Phi) is 3.82. The highest BCUT2D eigenvalue weighted by molar-refractivity contribution is 5.95. The quantitative estimate of drug-likeness (QED) is 0.743. The first-order valence-corrected chi connectivity index (χ1v) is 5.95. The maximum Gasteiger partial charge on any atom is 0.201 e. The van der Waals surface area contributed by atoms with E-state index >= 15 is 0 Å². The van der Waals surface area contributed by atoms with E-state index in [1.54, 1.807) is 24.9 Å². The van der Waals surface area contributed by atoms with Crippen molar-refractivity contribution in [3.05, 3.63) is 53.9 Å². The van der Waals surface area contributed by atoms with Crippen LogP contribution in [-0.2, 0) is 0 Å². The molecule has 0 aromatic carbocycles. The van der Waals surface area contributed by atoms with Gasteiger partial charge in [0.15, 0.2) is 5.76 Å². The topological polar surface area (TPSA) is 43.4 Å². The molecule has 3 nitrogen and oxygen atoms in total. The van der Waals surface area contributed by atoms with Gasteiger partial charge in [0.1, 0.15) is 0 Å². The zero-order valence-corrected chi connectivity index (χ0v) is 10.6. The van der Waals surface area contributed by atoms with Gasteiger partial charge in [0.25, 0.3) is 0 Å². The Morgan fingerprint density at radius 1 is 1.44 bits per heavy atom. The third kappa shape index (κ3) is 3.00. The average molecular weight is 244 g/mol. The van der Waals surface area contributed by atoms with Crippen LogP contribution in [0.2, 0.25) is 0 Å². The molecule has 3 heteroatoms. The molecule has 94 valence electrons. The van der Waals surface area contributed by atoms with Gasteiger partial charge in [-0.3, -0.25) is 4.79 Å². The summed E-state index contributed by atoms with van der Waals surface area (Å²) in [5.74, 6) is 0.398. The van der Waals surface area contributed by atoms with Gasteiger partial charge in [-0.1, -0.05) is 19.1 Å². The van der Waals surface area contributed by atoms with E-state index in [1.807, 2.05) is 32.1 Å². The van der Waals surface area contributed by atoms with Gasteiger partial charge in [0.05, 0.1) is 18.8 Å². The number of ketones is 1. The van der Waals surface area contributed by atoms with Gasteiger partial charge in [-0.25, -0.2) is 0 Å². The Bertz CT molecular complexity index is 532. The summed E-state index contributed by atoms with van der Waals surface area (Å²) < 4.78 is 10.2. The number of rotatable bonds is 5. The summed E-state index contributed by atoms with van der Waals surface area (Å²) in [6.45, 7) is 3.81. The lowest BCUT2D eigenvalue weighted by Crippen LogP contribution is -2.09. The number of furan rings is 2. The van der Waals surface area contributed by atoms with Crippen molar-refractivity contribution in [3.8, 4) is 0 Å². The highest BCUT2D eigenvalue weighted by Crippen LogP contribution is 2.16. The van der Waals surface area contributed by atoms with Crippen molar-refractivity contribution in [2.75, 3.05) is 0 Å². The van der Waals surface area contributed by atoms with Crippen LogP contribution in [0.25, 0.3) is 6.08 Å². The van der Waals surface area contributed by atoms with Crippen LogP contribution in [-0.4, -0.2) is 5.78 Å². The number of aryl methyl sites for hydroxylation is 1. The molecular weight excluding hydrogens is 228 g/mol. The largest absolute Gasteiger partial charge is 0.472 e. The van der Waals surface area contributed by atoms with Crippen LogP contribution in [0.5, 0.6) is 0 Å². The second kappa shape index (κ2) is 5.54. The highest BCUT2D eigenvalue weighted by Gasteiger charge is 2.16. The molecule has 18 heavy (non-hydrogen) atoms. The lowest BCUT2D eigenvalue weighted by atomic mass is 10.00. The molecule has 0 amide bonds. The van der Waals surface area contributed by atoms with Gasteiger partial charge in [0, 0.05) is 11.5 Å². The molecule has 2 aromatic heterocycles. The van der Waals surface area contributed by atoms with Crippen molar-refractivity contribution >= 4 is 11.9 Å². The van der Waals surface area contributed by atoms with E-state index in [2.05, 4.69) is 0 Å². The summed E-state index contributed by atoms with van der Waals surface area (Å²) in [6.07, 6.45) is 9.49. The third-order valence-electron chi connectivity index (χ3n) is 2.76. The van der Waals surface area contributed by atoms with Crippen LogP contribution >= 0.6 is 0 Å². The van der Waals surface area contributed by atoms with Crippen LogP contribution < -0.4 is 0 Å². The van der Waals surface area contributed by atoms with Gasteiger partial charge in [-0.05, 0) is 31.0 Å². The Labute approximate surface area is 106 Å². The number of carbonyl (C=O) groups excluding carboxylic acids is 1. The molecule has 0 saturated carbocycles. The molecule has 0 aliphatic heterocycles. The molecule has 2 rings (SSSR count). The zero-order valence-electron chi connectivity index (χ0n) is 10.6. The van der Waals surface area contributed by atoms with Gasteiger partial charge in [-0.15, -0.1) is 0 Å². The molecule has 2 heterocycles. The lowest BCUT2D eigenvalue weighted by molar-refractivity contribution is 0.0903. The van der Waals surface area contributed by atoms with Crippen molar-refractivity contribution in [2.45, 2.75) is 20.3 Å². The molecule has 0 saturated heterocycles. The second-order valence-corrected chi connectivity index (χ2v) is 4.45. The van der Waals surface area contributed by atoms with E-state index in [-0.39, 0.29) is 11.7 Å². The molecule has 2 aromatic rings. The Hall–Kier alpha value is -2.03. The summed E-state index contributed by atoms with van der Waals surface area (Å²) in [7, 11) is 0. The summed E-state index contributed by atoms with van der Waals surface area (Å²) >= 11 is 0. The maximum atomic E-state index is 12.0. The Morgan fingerprint density at radius 3 is 2.89 bits per heavy atom. The van der Waals surface area contributed by atoms with E-state index in [4.69, 9.17) is 8.83 Å². The van der Waals surface area contributed by atoms with Crippen molar-refractivity contribution in [1.29, 1.82) is 0 Å². The fourth-order valence-corrected chi connectivity index (χ4v) is 1.69. The van der Waals surface area contributed by atoms with Crippen molar-refractivity contribution in [3.63, 3.8) is 0 Å². The van der Waals surface area contributed by atoms with Gasteiger partial charge >= 0.3 is 0 Å². The van der Waals surface area contributed by atoms with Crippen LogP contribution in [0.15, 0.2) is 45.8 Å². The fourth-order valence-electron chi connectivity index (χ4n) is 1.69. The fraction of sp³-hybridized carbons (Fsp3) is 0.267. The van der Waals surface area contributed by atoms with Crippen LogP contribution in [0.4, 0.5) is 0 Å². The molecule has 0 aliphatic rings. The van der Waals surface area contributed by atoms with Crippen molar-refractivity contribution < 1.29 is 13.6 Å². The standard InChI is InChI=1S/C15H16O3/c1-11-8-14(18-9-11)15(16)12(2)4-3-5-13-6-7-17-10-13/h3,5-10,12H,4H2,1-2H3. The molecule has 0 fully saturated rings. The Balaban J connectivity index is 1.92. The minimum Gasteiger partial charge on any atom is -0.472 e. The minimum atomic E-state index is -0.0845.